The molecule has 3 rings (SSSR count). The topological polar surface area (TPSA) is 49.9 Å². The zero-order chi connectivity index (χ0) is 17.6. The summed E-state index contributed by atoms with van der Waals surface area (Å²) in [6.07, 6.45) is 4.73. The molecule has 0 N–H and O–H groups in total. The number of likely N-dealkylation sites (tertiary alicyclic amines) is 1. The third-order valence-electron chi connectivity index (χ3n) is 4.90. The minimum Gasteiger partial charge on any atom is -0.445 e. The molecule has 1 saturated carbocycles. The lowest BCUT2D eigenvalue weighted by atomic mass is 10.0. The molecule has 136 valence electrons. The third-order valence-corrected chi connectivity index (χ3v) is 5.13. The SMILES string of the molecule is O=C(CCl)N(CC1CCCCN1C(=O)OCc1ccccc1)C1CC1. The number of hydrogen-bond acceptors (Lipinski definition) is 3. The van der Waals surface area contributed by atoms with E-state index in [2.05, 4.69) is 0 Å². The third kappa shape index (κ3) is 4.88. The van der Waals surface area contributed by atoms with E-state index in [1.165, 1.54) is 0 Å². The molecule has 2 amide bonds. The van der Waals surface area contributed by atoms with Crippen LogP contribution in [0.5, 0.6) is 0 Å². The highest BCUT2D eigenvalue weighted by Crippen LogP contribution is 2.29. The summed E-state index contributed by atoms with van der Waals surface area (Å²) in [7, 11) is 0. The molecular weight excluding hydrogens is 340 g/mol. The van der Waals surface area contributed by atoms with Gasteiger partial charge in [0.1, 0.15) is 12.5 Å². The molecule has 6 heteroatoms. The van der Waals surface area contributed by atoms with Crippen molar-refractivity contribution in [3.63, 3.8) is 0 Å². The lowest BCUT2D eigenvalue weighted by molar-refractivity contribution is -0.130. The molecule has 1 saturated heterocycles. The van der Waals surface area contributed by atoms with Crippen LogP contribution in [0, 0.1) is 0 Å². The summed E-state index contributed by atoms with van der Waals surface area (Å²) >= 11 is 5.76. The second-order valence-electron chi connectivity index (χ2n) is 6.79. The number of carbonyl (C=O) groups excluding carboxylic acids is 2. The Kier molecular flexibility index (Phi) is 6.19. The predicted octanol–water partition coefficient (Wildman–Crippen LogP) is 3.41. The number of benzene rings is 1. The molecule has 0 aromatic heterocycles. The van der Waals surface area contributed by atoms with Gasteiger partial charge in [-0.15, -0.1) is 11.6 Å². The van der Waals surface area contributed by atoms with Crippen molar-refractivity contribution < 1.29 is 14.3 Å². The number of ether oxygens (including phenoxy) is 1. The first-order valence-corrected chi connectivity index (χ1v) is 9.55. The molecule has 25 heavy (non-hydrogen) atoms. The van der Waals surface area contributed by atoms with Gasteiger partial charge in [-0.05, 0) is 37.7 Å². The van der Waals surface area contributed by atoms with E-state index in [9.17, 15) is 9.59 Å². The molecule has 2 aliphatic rings. The van der Waals surface area contributed by atoms with Gasteiger partial charge in [-0.25, -0.2) is 4.79 Å². The Balaban J connectivity index is 1.59. The van der Waals surface area contributed by atoms with Gasteiger partial charge < -0.3 is 14.5 Å². The molecule has 1 aliphatic heterocycles. The summed E-state index contributed by atoms with van der Waals surface area (Å²) < 4.78 is 5.50. The van der Waals surface area contributed by atoms with Crippen LogP contribution in [0.3, 0.4) is 0 Å². The van der Waals surface area contributed by atoms with Gasteiger partial charge in [0.25, 0.3) is 0 Å². The van der Waals surface area contributed by atoms with Crippen molar-refractivity contribution in [2.45, 2.75) is 50.8 Å². The van der Waals surface area contributed by atoms with E-state index >= 15 is 0 Å². The van der Waals surface area contributed by atoms with Crippen molar-refractivity contribution >= 4 is 23.6 Å². The van der Waals surface area contributed by atoms with Crippen molar-refractivity contribution in [3.8, 4) is 0 Å². The lowest BCUT2D eigenvalue weighted by Gasteiger charge is -2.38. The van der Waals surface area contributed by atoms with E-state index in [1.54, 1.807) is 4.90 Å². The molecule has 5 nitrogen and oxygen atoms in total. The Morgan fingerprint density at radius 2 is 1.92 bits per heavy atom. The minimum absolute atomic E-state index is 0.00166. The molecule has 1 heterocycles. The van der Waals surface area contributed by atoms with Crippen LogP contribution in [0.1, 0.15) is 37.7 Å². The van der Waals surface area contributed by atoms with Crippen LogP contribution in [0.25, 0.3) is 0 Å². The maximum absolute atomic E-state index is 12.6. The maximum atomic E-state index is 12.6. The zero-order valence-electron chi connectivity index (χ0n) is 14.4. The average Bonchev–Trinajstić information content (AvgIpc) is 3.49. The molecule has 0 spiro atoms. The molecular formula is C19H25ClN2O3. The number of nitrogens with zero attached hydrogens (tertiary/aromatic N) is 2. The highest BCUT2D eigenvalue weighted by molar-refractivity contribution is 6.27. The number of hydrogen-bond donors (Lipinski definition) is 0. The van der Waals surface area contributed by atoms with Crippen molar-refractivity contribution in [1.82, 2.24) is 9.80 Å². The van der Waals surface area contributed by atoms with Crippen LogP contribution in [0.2, 0.25) is 0 Å². The molecule has 1 aliphatic carbocycles. The van der Waals surface area contributed by atoms with Gasteiger partial charge in [-0.1, -0.05) is 30.3 Å². The van der Waals surface area contributed by atoms with Crippen LogP contribution in [0.4, 0.5) is 4.79 Å². The van der Waals surface area contributed by atoms with Crippen molar-refractivity contribution in [3.05, 3.63) is 35.9 Å². The van der Waals surface area contributed by atoms with Crippen molar-refractivity contribution in [1.29, 1.82) is 0 Å². The average molecular weight is 365 g/mol. The van der Waals surface area contributed by atoms with Crippen LogP contribution in [-0.2, 0) is 16.1 Å². The summed E-state index contributed by atoms with van der Waals surface area (Å²) in [5, 5.41) is 0. The standard InChI is InChI=1S/C19H25ClN2O3/c20-12-18(23)22(16-9-10-16)13-17-8-4-5-11-21(17)19(24)25-14-15-6-2-1-3-7-15/h1-3,6-7,16-17H,4-5,8-14H2. The summed E-state index contributed by atoms with van der Waals surface area (Å²) in [6, 6.07) is 9.99. The minimum atomic E-state index is -0.289. The summed E-state index contributed by atoms with van der Waals surface area (Å²) in [6.45, 7) is 1.53. The van der Waals surface area contributed by atoms with E-state index in [1.807, 2.05) is 35.2 Å². The summed E-state index contributed by atoms with van der Waals surface area (Å²) in [5.41, 5.74) is 0.973. The molecule has 0 radical (unpaired) electrons. The molecule has 0 bridgehead atoms. The number of piperidine rings is 1. The quantitative estimate of drug-likeness (QED) is 0.727. The Bertz CT molecular complexity index is 592. The van der Waals surface area contributed by atoms with E-state index in [0.29, 0.717) is 19.1 Å². The van der Waals surface area contributed by atoms with Gasteiger partial charge in [0, 0.05) is 19.1 Å². The van der Waals surface area contributed by atoms with Crippen LogP contribution < -0.4 is 0 Å². The van der Waals surface area contributed by atoms with Gasteiger partial charge in [0.05, 0.1) is 6.04 Å². The number of rotatable bonds is 6. The van der Waals surface area contributed by atoms with Crippen molar-refractivity contribution in [2.24, 2.45) is 0 Å². The van der Waals surface area contributed by atoms with Gasteiger partial charge >= 0.3 is 6.09 Å². The normalized spacial score (nSPS) is 20.2. The fraction of sp³-hybridized carbons (Fsp3) is 0.579. The fourth-order valence-electron chi connectivity index (χ4n) is 3.38. The number of carbonyl (C=O) groups is 2. The van der Waals surface area contributed by atoms with Crippen molar-refractivity contribution in [2.75, 3.05) is 19.0 Å². The lowest BCUT2D eigenvalue weighted by Crippen LogP contribution is -2.51. The monoisotopic (exact) mass is 364 g/mol. The first kappa shape index (κ1) is 18.1. The first-order valence-electron chi connectivity index (χ1n) is 9.02. The summed E-state index contributed by atoms with van der Waals surface area (Å²) in [5.74, 6) is -0.0332. The molecule has 1 unspecified atom stereocenters. The smallest absolute Gasteiger partial charge is 0.410 e. The second kappa shape index (κ2) is 8.56. The predicted molar refractivity (Wildman–Crippen MR) is 96.4 cm³/mol. The van der Waals surface area contributed by atoms with Gasteiger partial charge in [-0.2, -0.15) is 0 Å². The second-order valence-corrected chi connectivity index (χ2v) is 7.06. The Morgan fingerprint density at radius 3 is 2.60 bits per heavy atom. The highest BCUT2D eigenvalue weighted by atomic mass is 35.5. The van der Waals surface area contributed by atoms with E-state index in [4.69, 9.17) is 16.3 Å². The van der Waals surface area contributed by atoms with Gasteiger partial charge in [-0.3, -0.25) is 4.79 Å². The van der Waals surface area contributed by atoms with Gasteiger partial charge in [0.2, 0.25) is 5.91 Å². The zero-order valence-corrected chi connectivity index (χ0v) is 15.2. The molecule has 1 aromatic rings. The molecule has 1 atom stereocenters. The van der Waals surface area contributed by atoms with Crippen LogP contribution >= 0.6 is 11.6 Å². The number of alkyl halides is 1. The van der Waals surface area contributed by atoms with Crippen LogP contribution in [0.15, 0.2) is 30.3 Å². The largest absolute Gasteiger partial charge is 0.445 e. The Hall–Kier alpha value is -1.75. The van der Waals surface area contributed by atoms with E-state index < -0.39 is 0 Å². The Labute approximate surface area is 153 Å². The Morgan fingerprint density at radius 1 is 1.16 bits per heavy atom. The molecule has 1 aromatic carbocycles. The maximum Gasteiger partial charge on any atom is 0.410 e. The molecule has 2 fully saturated rings. The van der Waals surface area contributed by atoms with E-state index in [0.717, 1.165) is 37.7 Å². The van der Waals surface area contributed by atoms with E-state index in [-0.39, 0.29) is 30.5 Å². The highest BCUT2D eigenvalue weighted by Gasteiger charge is 2.36. The number of halogens is 1. The first-order chi connectivity index (χ1) is 12.2. The summed E-state index contributed by atoms with van der Waals surface area (Å²) in [4.78, 5) is 28.3. The van der Waals surface area contributed by atoms with Gasteiger partial charge in [0.15, 0.2) is 0 Å². The number of amides is 2. The van der Waals surface area contributed by atoms with Crippen LogP contribution in [-0.4, -0.2) is 52.9 Å². The fourth-order valence-corrected chi connectivity index (χ4v) is 3.53.